The summed E-state index contributed by atoms with van der Waals surface area (Å²) in [5.41, 5.74) is 1.22. The van der Waals surface area contributed by atoms with Crippen molar-refractivity contribution in [3.05, 3.63) is 65.7 Å². The van der Waals surface area contributed by atoms with Gasteiger partial charge in [0.05, 0.1) is 4.90 Å². The van der Waals surface area contributed by atoms with Crippen molar-refractivity contribution < 1.29 is 13.2 Å². The van der Waals surface area contributed by atoms with Gasteiger partial charge in [-0.3, -0.25) is 4.79 Å². The van der Waals surface area contributed by atoms with Crippen LogP contribution in [0.1, 0.15) is 28.8 Å². The maximum atomic E-state index is 12.5. The Balaban J connectivity index is 1.68. The van der Waals surface area contributed by atoms with E-state index in [-0.39, 0.29) is 23.4 Å². The Labute approximate surface area is 154 Å². The highest BCUT2D eigenvalue weighted by atomic mass is 32.2. The molecule has 0 aliphatic carbocycles. The average Bonchev–Trinajstić information content (AvgIpc) is 2.68. The standard InChI is InChI=1S/C19H23N3O3S/c23-19(22-17-9-11-20-12-10-17)16-7-4-8-18(13-16)26(24,25)21-14-15-5-2-1-3-6-15/h1-8,13,17,20-21H,9-12,14H2,(H,22,23). The number of sulfonamides is 1. The SMILES string of the molecule is O=C(NC1CCNCC1)c1cccc(S(=O)(=O)NCc2ccccc2)c1. The Morgan fingerprint density at radius 2 is 1.77 bits per heavy atom. The maximum absolute atomic E-state index is 12.5. The zero-order chi connectivity index (χ0) is 18.4. The molecule has 0 atom stereocenters. The van der Waals surface area contributed by atoms with Crippen LogP contribution in [0, 0.1) is 0 Å². The van der Waals surface area contributed by atoms with E-state index in [4.69, 9.17) is 0 Å². The highest BCUT2D eigenvalue weighted by molar-refractivity contribution is 7.89. The Morgan fingerprint density at radius 1 is 1.04 bits per heavy atom. The van der Waals surface area contributed by atoms with E-state index in [1.807, 2.05) is 30.3 Å². The second-order valence-electron chi connectivity index (χ2n) is 6.34. The lowest BCUT2D eigenvalue weighted by molar-refractivity contribution is 0.0929. The summed E-state index contributed by atoms with van der Waals surface area (Å²) < 4.78 is 27.6. The van der Waals surface area contributed by atoms with Crippen LogP contribution in [0.15, 0.2) is 59.5 Å². The third-order valence-electron chi connectivity index (χ3n) is 4.39. The summed E-state index contributed by atoms with van der Waals surface area (Å²) >= 11 is 0. The highest BCUT2D eigenvalue weighted by Gasteiger charge is 2.19. The van der Waals surface area contributed by atoms with Gasteiger partial charge in [-0.25, -0.2) is 13.1 Å². The minimum Gasteiger partial charge on any atom is -0.349 e. The normalized spacial score (nSPS) is 15.5. The molecule has 1 fully saturated rings. The van der Waals surface area contributed by atoms with Gasteiger partial charge in [0.15, 0.2) is 0 Å². The molecule has 0 aromatic heterocycles. The van der Waals surface area contributed by atoms with Crippen LogP contribution in [0.5, 0.6) is 0 Å². The quantitative estimate of drug-likeness (QED) is 0.718. The predicted octanol–water partition coefficient (Wildman–Crippen LogP) is 1.65. The molecule has 0 bridgehead atoms. The molecule has 26 heavy (non-hydrogen) atoms. The van der Waals surface area contributed by atoms with Crippen molar-refractivity contribution in [2.24, 2.45) is 0 Å². The zero-order valence-corrected chi connectivity index (χ0v) is 15.3. The summed E-state index contributed by atoms with van der Waals surface area (Å²) in [4.78, 5) is 12.5. The van der Waals surface area contributed by atoms with E-state index in [2.05, 4.69) is 15.4 Å². The van der Waals surface area contributed by atoms with Gasteiger partial charge in [0, 0.05) is 18.2 Å². The number of amides is 1. The van der Waals surface area contributed by atoms with Crippen LogP contribution in [0.3, 0.4) is 0 Å². The highest BCUT2D eigenvalue weighted by Crippen LogP contribution is 2.13. The predicted molar refractivity (Wildman–Crippen MR) is 100 cm³/mol. The van der Waals surface area contributed by atoms with E-state index in [0.29, 0.717) is 5.56 Å². The molecule has 1 saturated heterocycles. The fraction of sp³-hybridized carbons (Fsp3) is 0.316. The van der Waals surface area contributed by atoms with Crippen LogP contribution in [0.4, 0.5) is 0 Å². The van der Waals surface area contributed by atoms with Gasteiger partial charge in [0.25, 0.3) is 5.91 Å². The second kappa shape index (κ2) is 8.44. The molecular formula is C19H23N3O3S. The summed E-state index contributed by atoms with van der Waals surface area (Å²) in [7, 11) is -3.69. The number of piperidine rings is 1. The van der Waals surface area contributed by atoms with Gasteiger partial charge in [-0.2, -0.15) is 0 Å². The Bertz CT molecular complexity index is 847. The van der Waals surface area contributed by atoms with E-state index < -0.39 is 10.0 Å². The van der Waals surface area contributed by atoms with Gasteiger partial charge in [0.1, 0.15) is 0 Å². The third kappa shape index (κ3) is 4.91. The average molecular weight is 373 g/mol. The number of carbonyl (C=O) groups excluding carboxylic acids is 1. The first kappa shape index (κ1) is 18.6. The first-order chi connectivity index (χ1) is 12.5. The van der Waals surface area contributed by atoms with Crippen molar-refractivity contribution in [2.75, 3.05) is 13.1 Å². The third-order valence-corrected chi connectivity index (χ3v) is 5.79. The molecule has 0 saturated carbocycles. The molecule has 3 N–H and O–H groups in total. The summed E-state index contributed by atoms with van der Waals surface area (Å²) in [6.07, 6.45) is 1.75. The molecule has 1 aliphatic heterocycles. The largest absolute Gasteiger partial charge is 0.349 e. The molecule has 2 aromatic rings. The molecule has 1 amide bonds. The van der Waals surface area contributed by atoms with Crippen LogP contribution >= 0.6 is 0 Å². The number of benzene rings is 2. The van der Waals surface area contributed by atoms with Crippen LogP contribution in [0.2, 0.25) is 0 Å². The van der Waals surface area contributed by atoms with Gasteiger partial charge in [-0.05, 0) is 49.7 Å². The summed E-state index contributed by atoms with van der Waals surface area (Å²) in [6.45, 7) is 1.96. The Morgan fingerprint density at radius 3 is 2.50 bits per heavy atom. The van der Waals surface area contributed by atoms with Gasteiger partial charge < -0.3 is 10.6 Å². The molecule has 7 heteroatoms. The molecule has 138 valence electrons. The summed E-state index contributed by atoms with van der Waals surface area (Å²) in [5, 5.41) is 6.22. The molecular weight excluding hydrogens is 350 g/mol. The van der Waals surface area contributed by atoms with Gasteiger partial charge in [-0.15, -0.1) is 0 Å². The monoisotopic (exact) mass is 373 g/mol. The molecule has 0 radical (unpaired) electrons. The minimum absolute atomic E-state index is 0.0893. The number of nitrogens with one attached hydrogen (secondary N) is 3. The lowest BCUT2D eigenvalue weighted by Crippen LogP contribution is -2.42. The van der Waals surface area contributed by atoms with Crippen molar-refractivity contribution in [3.63, 3.8) is 0 Å². The van der Waals surface area contributed by atoms with E-state index in [1.165, 1.54) is 12.1 Å². The molecule has 6 nitrogen and oxygen atoms in total. The van der Waals surface area contributed by atoms with Crippen LogP contribution in [-0.4, -0.2) is 33.5 Å². The number of rotatable bonds is 6. The fourth-order valence-electron chi connectivity index (χ4n) is 2.90. The number of hydrogen-bond donors (Lipinski definition) is 3. The van der Waals surface area contributed by atoms with Crippen molar-refractivity contribution >= 4 is 15.9 Å². The van der Waals surface area contributed by atoms with Gasteiger partial charge in [-0.1, -0.05) is 36.4 Å². The molecule has 3 rings (SSSR count). The maximum Gasteiger partial charge on any atom is 0.251 e. The Hall–Kier alpha value is -2.22. The zero-order valence-electron chi connectivity index (χ0n) is 14.4. The van der Waals surface area contributed by atoms with Gasteiger partial charge in [0.2, 0.25) is 10.0 Å². The molecule has 1 aliphatic rings. The molecule has 0 spiro atoms. The number of hydrogen-bond acceptors (Lipinski definition) is 4. The summed E-state index contributed by atoms with van der Waals surface area (Å²) in [5.74, 6) is -0.239. The lowest BCUT2D eigenvalue weighted by Gasteiger charge is -2.23. The van der Waals surface area contributed by atoms with E-state index in [1.54, 1.807) is 12.1 Å². The van der Waals surface area contributed by atoms with E-state index in [9.17, 15) is 13.2 Å². The van der Waals surface area contributed by atoms with Gasteiger partial charge >= 0.3 is 0 Å². The minimum atomic E-state index is -3.69. The first-order valence-electron chi connectivity index (χ1n) is 8.70. The van der Waals surface area contributed by atoms with E-state index >= 15 is 0 Å². The first-order valence-corrected chi connectivity index (χ1v) is 10.2. The lowest BCUT2D eigenvalue weighted by atomic mass is 10.1. The Kier molecular flexibility index (Phi) is 6.03. The molecule has 0 unspecified atom stereocenters. The van der Waals surface area contributed by atoms with Crippen molar-refractivity contribution in [2.45, 2.75) is 30.3 Å². The van der Waals surface area contributed by atoms with Crippen molar-refractivity contribution in [1.29, 1.82) is 0 Å². The van der Waals surface area contributed by atoms with Crippen LogP contribution in [0.25, 0.3) is 0 Å². The van der Waals surface area contributed by atoms with E-state index in [0.717, 1.165) is 31.5 Å². The van der Waals surface area contributed by atoms with Crippen LogP contribution < -0.4 is 15.4 Å². The van der Waals surface area contributed by atoms with Crippen molar-refractivity contribution in [3.8, 4) is 0 Å². The summed E-state index contributed by atoms with van der Waals surface area (Å²) in [6, 6.07) is 15.6. The number of carbonyl (C=O) groups is 1. The van der Waals surface area contributed by atoms with Crippen LogP contribution in [-0.2, 0) is 16.6 Å². The fourth-order valence-corrected chi connectivity index (χ4v) is 3.96. The second-order valence-corrected chi connectivity index (χ2v) is 8.10. The smallest absolute Gasteiger partial charge is 0.251 e. The topological polar surface area (TPSA) is 87.3 Å². The molecule has 1 heterocycles. The van der Waals surface area contributed by atoms with Crippen molar-refractivity contribution in [1.82, 2.24) is 15.4 Å². The molecule has 2 aromatic carbocycles.